The van der Waals surface area contributed by atoms with Crippen LogP contribution in [0.4, 0.5) is 4.39 Å². The van der Waals surface area contributed by atoms with Crippen LogP contribution in [0, 0.1) is 0 Å². The van der Waals surface area contributed by atoms with E-state index in [1.165, 1.54) is 12.8 Å². The second kappa shape index (κ2) is 5.17. The van der Waals surface area contributed by atoms with Crippen LogP contribution in [0.15, 0.2) is 12.4 Å². The molecular formula is C13H22FN3. The number of aromatic nitrogens is 2. The van der Waals surface area contributed by atoms with Gasteiger partial charge in [0.2, 0.25) is 0 Å². The lowest BCUT2D eigenvalue weighted by atomic mass is 9.89. The lowest BCUT2D eigenvalue weighted by molar-refractivity contribution is 0.146. The molecule has 96 valence electrons. The van der Waals surface area contributed by atoms with Crippen molar-refractivity contribution in [3.63, 3.8) is 0 Å². The first kappa shape index (κ1) is 12.6. The van der Waals surface area contributed by atoms with Crippen molar-refractivity contribution in [2.45, 2.75) is 50.7 Å². The van der Waals surface area contributed by atoms with E-state index in [2.05, 4.69) is 10.4 Å². The van der Waals surface area contributed by atoms with E-state index in [0.29, 0.717) is 18.9 Å². The van der Waals surface area contributed by atoms with Gasteiger partial charge in [0.15, 0.2) is 0 Å². The maximum atomic E-state index is 14.5. The summed E-state index contributed by atoms with van der Waals surface area (Å²) in [6.45, 7) is 2.74. The summed E-state index contributed by atoms with van der Waals surface area (Å²) in [7, 11) is 1.86. The molecule has 1 fully saturated rings. The smallest absolute Gasteiger partial charge is 0.113 e. The molecule has 2 unspecified atom stereocenters. The highest BCUT2D eigenvalue weighted by Crippen LogP contribution is 2.25. The van der Waals surface area contributed by atoms with Crippen LogP contribution in [-0.2, 0) is 13.5 Å². The molecule has 2 rings (SSSR count). The van der Waals surface area contributed by atoms with Gasteiger partial charge in [-0.3, -0.25) is 4.68 Å². The highest BCUT2D eigenvalue weighted by atomic mass is 19.1. The number of piperidine rings is 1. The van der Waals surface area contributed by atoms with Crippen LogP contribution in [-0.4, -0.2) is 28.0 Å². The molecular weight excluding hydrogens is 217 g/mol. The molecule has 0 aromatic carbocycles. The Morgan fingerprint density at radius 2 is 2.41 bits per heavy atom. The van der Waals surface area contributed by atoms with Crippen molar-refractivity contribution in [1.29, 1.82) is 0 Å². The maximum absolute atomic E-state index is 14.5. The third kappa shape index (κ3) is 3.80. The number of alkyl halides is 1. The Morgan fingerprint density at radius 1 is 1.59 bits per heavy atom. The molecule has 1 aliphatic heterocycles. The molecule has 1 aliphatic rings. The van der Waals surface area contributed by atoms with Crippen molar-refractivity contribution in [2.24, 2.45) is 7.05 Å². The van der Waals surface area contributed by atoms with Gasteiger partial charge >= 0.3 is 0 Å². The Labute approximate surface area is 102 Å². The third-order valence-electron chi connectivity index (χ3n) is 3.42. The van der Waals surface area contributed by atoms with Crippen molar-refractivity contribution in [2.75, 3.05) is 6.54 Å². The lowest BCUT2D eigenvalue weighted by Gasteiger charge is -2.29. The molecule has 4 heteroatoms. The van der Waals surface area contributed by atoms with Gasteiger partial charge in [-0.1, -0.05) is 6.42 Å². The van der Waals surface area contributed by atoms with Gasteiger partial charge in [0.1, 0.15) is 5.67 Å². The largest absolute Gasteiger partial charge is 0.314 e. The average Bonchev–Trinajstić information content (AvgIpc) is 2.63. The zero-order chi connectivity index (χ0) is 12.3. The number of nitrogens with zero attached hydrogens (tertiary/aromatic N) is 2. The normalized spacial score (nSPS) is 24.5. The van der Waals surface area contributed by atoms with Crippen LogP contribution in [0.3, 0.4) is 0 Å². The van der Waals surface area contributed by atoms with E-state index < -0.39 is 5.67 Å². The number of hydrogen-bond donors (Lipinski definition) is 1. The Bertz CT molecular complexity index is 353. The fourth-order valence-electron chi connectivity index (χ4n) is 2.67. The van der Waals surface area contributed by atoms with E-state index in [1.54, 1.807) is 17.8 Å². The Morgan fingerprint density at radius 3 is 3.00 bits per heavy atom. The van der Waals surface area contributed by atoms with Gasteiger partial charge in [-0.15, -0.1) is 0 Å². The van der Waals surface area contributed by atoms with Crippen molar-refractivity contribution in [3.8, 4) is 0 Å². The van der Waals surface area contributed by atoms with Crippen molar-refractivity contribution in [3.05, 3.63) is 18.0 Å². The molecule has 1 aromatic heterocycles. The minimum absolute atomic E-state index is 0.343. The zero-order valence-electron chi connectivity index (χ0n) is 10.7. The first-order valence-electron chi connectivity index (χ1n) is 6.45. The van der Waals surface area contributed by atoms with E-state index >= 15 is 0 Å². The molecule has 1 saturated heterocycles. The van der Waals surface area contributed by atoms with Crippen LogP contribution < -0.4 is 5.32 Å². The van der Waals surface area contributed by atoms with Gasteiger partial charge in [0, 0.05) is 25.7 Å². The highest BCUT2D eigenvalue weighted by molar-refractivity contribution is 5.08. The summed E-state index contributed by atoms with van der Waals surface area (Å²) in [6, 6.07) is 0.343. The molecule has 0 radical (unpaired) electrons. The van der Waals surface area contributed by atoms with Gasteiger partial charge in [-0.2, -0.15) is 5.10 Å². The standard InChI is InChI=1S/C13H22FN3/c1-13(14,7-11-9-16-17(2)10-11)8-12-5-3-4-6-15-12/h9-10,12,15H,3-8H2,1-2H3. The average molecular weight is 239 g/mol. The predicted octanol–water partition coefficient (Wildman–Crippen LogP) is 2.22. The van der Waals surface area contributed by atoms with E-state index in [0.717, 1.165) is 18.5 Å². The fraction of sp³-hybridized carbons (Fsp3) is 0.769. The monoisotopic (exact) mass is 239 g/mol. The molecule has 0 aliphatic carbocycles. The second-order valence-electron chi connectivity index (χ2n) is 5.46. The minimum atomic E-state index is -1.14. The van der Waals surface area contributed by atoms with Gasteiger partial charge in [-0.05, 0) is 38.3 Å². The summed E-state index contributed by atoms with van der Waals surface area (Å²) in [5.41, 5.74) is -0.161. The Kier molecular flexibility index (Phi) is 3.82. The zero-order valence-corrected chi connectivity index (χ0v) is 10.7. The van der Waals surface area contributed by atoms with Crippen LogP contribution in [0.5, 0.6) is 0 Å². The van der Waals surface area contributed by atoms with Crippen LogP contribution in [0.1, 0.15) is 38.2 Å². The van der Waals surface area contributed by atoms with Crippen molar-refractivity contribution in [1.82, 2.24) is 15.1 Å². The van der Waals surface area contributed by atoms with Crippen LogP contribution in [0.2, 0.25) is 0 Å². The highest BCUT2D eigenvalue weighted by Gasteiger charge is 2.29. The molecule has 1 aromatic rings. The van der Waals surface area contributed by atoms with Gasteiger partial charge in [-0.25, -0.2) is 4.39 Å². The fourth-order valence-corrected chi connectivity index (χ4v) is 2.67. The molecule has 0 saturated carbocycles. The lowest BCUT2D eigenvalue weighted by Crippen LogP contribution is -2.40. The van der Waals surface area contributed by atoms with Crippen molar-refractivity contribution >= 4 is 0 Å². The summed E-state index contributed by atoms with van der Waals surface area (Å²) in [4.78, 5) is 0. The Balaban J connectivity index is 1.88. The van der Waals surface area contributed by atoms with Gasteiger partial charge in [0.05, 0.1) is 6.20 Å². The van der Waals surface area contributed by atoms with Gasteiger partial charge < -0.3 is 5.32 Å². The molecule has 3 nitrogen and oxygen atoms in total. The first-order valence-corrected chi connectivity index (χ1v) is 6.45. The third-order valence-corrected chi connectivity index (χ3v) is 3.42. The molecule has 0 spiro atoms. The van der Waals surface area contributed by atoms with Gasteiger partial charge in [0.25, 0.3) is 0 Å². The predicted molar refractivity (Wildman–Crippen MR) is 66.7 cm³/mol. The topological polar surface area (TPSA) is 29.9 Å². The molecule has 2 heterocycles. The second-order valence-corrected chi connectivity index (χ2v) is 5.46. The quantitative estimate of drug-likeness (QED) is 0.873. The van der Waals surface area contributed by atoms with Crippen LogP contribution in [0.25, 0.3) is 0 Å². The number of aryl methyl sites for hydroxylation is 1. The summed E-state index contributed by atoms with van der Waals surface area (Å²) in [5.74, 6) is 0. The van der Waals surface area contributed by atoms with Crippen molar-refractivity contribution < 1.29 is 4.39 Å². The SMILES string of the molecule is Cn1cc(CC(C)(F)CC2CCCCN2)cn1. The summed E-state index contributed by atoms with van der Waals surface area (Å²) in [5, 5.41) is 7.49. The van der Waals surface area contributed by atoms with E-state index in [4.69, 9.17) is 0 Å². The van der Waals surface area contributed by atoms with E-state index in [-0.39, 0.29) is 0 Å². The number of rotatable bonds is 4. The van der Waals surface area contributed by atoms with E-state index in [9.17, 15) is 4.39 Å². The summed E-state index contributed by atoms with van der Waals surface area (Å²) in [6.07, 6.45) is 8.26. The minimum Gasteiger partial charge on any atom is -0.314 e. The molecule has 1 N–H and O–H groups in total. The molecule has 2 atom stereocenters. The molecule has 17 heavy (non-hydrogen) atoms. The Hall–Kier alpha value is -0.900. The maximum Gasteiger partial charge on any atom is 0.113 e. The number of halogens is 1. The summed E-state index contributed by atoms with van der Waals surface area (Å²) < 4.78 is 16.2. The molecule has 0 bridgehead atoms. The van der Waals surface area contributed by atoms with Crippen LogP contribution >= 0.6 is 0 Å². The first-order chi connectivity index (χ1) is 8.05. The summed E-state index contributed by atoms with van der Waals surface area (Å²) >= 11 is 0. The molecule has 0 amide bonds. The number of hydrogen-bond acceptors (Lipinski definition) is 2. The van der Waals surface area contributed by atoms with E-state index in [1.807, 2.05) is 13.2 Å². The number of nitrogens with one attached hydrogen (secondary N) is 1.